The molecule has 2 N–H and O–H groups in total. The molecule has 0 unspecified atom stereocenters. The van der Waals surface area contributed by atoms with Gasteiger partial charge >= 0.3 is 12.1 Å². The first-order valence-corrected chi connectivity index (χ1v) is 9.55. The maximum atomic E-state index is 13.0. The van der Waals surface area contributed by atoms with Crippen LogP contribution in [0.25, 0.3) is 5.69 Å². The van der Waals surface area contributed by atoms with E-state index in [-0.39, 0.29) is 28.1 Å². The number of rotatable bonds is 5. The van der Waals surface area contributed by atoms with Gasteiger partial charge in [-0.25, -0.2) is 14.9 Å². The van der Waals surface area contributed by atoms with Gasteiger partial charge in [-0.05, 0) is 56.3 Å². The minimum absolute atomic E-state index is 0.00621. The Hall–Kier alpha value is -4.15. The van der Waals surface area contributed by atoms with Gasteiger partial charge in [0.1, 0.15) is 0 Å². The largest absolute Gasteiger partial charge is 0.465 e. The number of carbonyl (C=O) groups excluding carboxylic acids is 2. The fourth-order valence-corrected chi connectivity index (χ4v) is 3.11. The van der Waals surface area contributed by atoms with E-state index in [4.69, 9.17) is 0 Å². The SMILES string of the molecule is COC(=O)c1ccc(C(=O)N/N=C(\C)c2c(C)[nH]n(-c3cccc(C(F)(F)F)c3)c2=O)cc1. The van der Waals surface area contributed by atoms with Crippen molar-refractivity contribution in [1.82, 2.24) is 15.2 Å². The zero-order valence-corrected chi connectivity index (χ0v) is 17.8. The highest BCUT2D eigenvalue weighted by Gasteiger charge is 2.30. The Morgan fingerprint density at radius 2 is 1.73 bits per heavy atom. The number of hydrazone groups is 1. The van der Waals surface area contributed by atoms with E-state index < -0.39 is 29.2 Å². The lowest BCUT2D eigenvalue weighted by molar-refractivity contribution is -0.137. The summed E-state index contributed by atoms with van der Waals surface area (Å²) in [6, 6.07) is 9.99. The van der Waals surface area contributed by atoms with E-state index >= 15 is 0 Å². The van der Waals surface area contributed by atoms with E-state index in [1.54, 1.807) is 6.92 Å². The monoisotopic (exact) mass is 460 g/mol. The van der Waals surface area contributed by atoms with Gasteiger partial charge in [-0.3, -0.25) is 14.7 Å². The molecule has 0 aliphatic carbocycles. The molecule has 1 amide bonds. The molecule has 8 nitrogen and oxygen atoms in total. The van der Waals surface area contributed by atoms with Crippen molar-refractivity contribution in [1.29, 1.82) is 0 Å². The third-order valence-corrected chi connectivity index (χ3v) is 4.76. The number of esters is 1. The topological polar surface area (TPSA) is 106 Å². The average molecular weight is 460 g/mol. The first-order chi connectivity index (χ1) is 15.5. The highest BCUT2D eigenvalue weighted by molar-refractivity contribution is 6.01. The number of methoxy groups -OCH3 is 1. The minimum atomic E-state index is -4.55. The summed E-state index contributed by atoms with van der Waals surface area (Å²) in [4.78, 5) is 36.6. The molecule has 0 aliphatic rings. The molecule has 11 heteroatoms. The van der Waals surface area contributed by atoms with Gasteiger partial charge in [0.05, 0.1) is 35.2 Å². The van der Waals surface area contributed by atoms with E-state index in [0.717, 1.165) is 16.8 Å². The van der Waals surface area contributed by atoms with E-state index in [1.165, 1.54) is 50.4 Å². The molecule has 0 fully saturated rings. The molecule has 0 atom stereocenters. The zero-order chi connectivity index (χ0) is 24.3. The Bertz CT molecular complexity index is 1290. The maximum absolute atomic E-state index is 13.0. The van der Waals surface area contributed by atoms with E-state index in [0.29, 0.717) is 5.69 Å². The Morgan fingerprint density at radius 3 is 2.33 bits per heavy atom. The third kappa shape index (κ3) is 5.03. The summed E-state index contributed by atoms with van der Waals surface area (Å²) >= 11 is 0. The molecule has 1 aromatic heterocycles. The number of hydrogen-bond acceptors (Lipinski definition) is 5. The quantitative estimate of drug-likeness (QED) is 0.346. The number of halogens is 3. The lowest BCUT2D eigenvalue weighted by Gasteiger charge is -2.08. The molecule has 33 heavy (non-hydrogen) atoms. The smallest absolute Gasteiger partial charge is 0.416 e. The standard InChI is InChI=1S/C22H19F3N4O4/c1-12(26-27-19(30)14-7-9-15(10-8-14)21(32)33-3)18-13(2)28-29(20(18)31)17-6-4-5-16(11-17)22(23,24)25/h4-11,28H,1-3H3,(H,27,30)/b26-12+. The number of H-pyrrole nitrogens is 1. The number of benzene rings is 2. The number of nitrogens with zero attached hydrogens (tertiary/aromatic N) is 2. The molecule has 0 bridgehead atoms. The molecule has 0 aliphatic heterocycles. The first kappa shape index (κ1) is 23.5. The summed E-state index contributed by atoms with van der Waals surface area (Å²) in [5.41, 5.74) is 1.91. The van der Waals surface area contributed by atoms with Crippen LogP contribution >= 0.6 is 0 Å². The number of ether oxygens (including phenoxy) is 1. The number of carbonyl (C=O) groups is 2. The third-order valence-electron chi connectivity index (χ3n) is 4.76. The second-order valence-corrected chi connectivity index (χ2v) is 7.01. The Labute approximate surface area is 185 Å². The summed E-state index contributed by atoms with van der Waals surface area (Å²) < 4.78 is 44.6. The molecular weight excluding hydrogens is 441 g/mol. The fourth-order valence-electron chi connectivity index (χ4n) is 3.11. The van der Waals surface area contributed by atoms with Crippen LogP contribution in [0.15, 0.2) is 58.4 Å². The van der Waals surface area contributed by atoms with Crippen molar-refractivity contribution in [2.75, 3.05) is 7.11 Å². The number of nitrogens with one attached hydrogen (secondary N) is 2. The van der Waals surface area contributed by atoms with Gasteiger partial charge in [0, 0.05) is 11.3 Å². The van der Waals surface area contributed by atoms with E-state index in [1.807, 2.05) is 0 Å². The lowest BCUT2D eigenvalue weighted by atomic mass is 10.1. The van der Waals surface area contributed by atoms with E-state index in [2.05, 4.69) is 20.4 Å². The van der Waals surface area contributed by atoms with Crippen LogP contribution in [0.4, 0.5) is 13.2 Å². The van der Waals surface area contributed by atoms with Crippen LogP contribution in [0.5, 0.6) is 0 Å². The number of alkyl halides is 3. The Kier molecular flexibility index (Phi) is 6.52. The second-order valence-electron chi connectivity index (χ2n) is 7.01. The van der Waals surface area contributed by atoms with Gasteiger partial charge < -0.3 is 4.74 Å². The van der Waals surface area contributed by atoms with Gasteiger partial charge in [0.15, 0.2) is 0 Å². The van der Waals surface area contributed by atoms with Crippen molar-refractivity contribution in [3.8, 4) is 5.69 Å². The molecule has 3 rings (SSSR count). The minimum Gasteiger partial charge on any atom is -0.465 e. The van der Waals surface area contributed by atoms with Crippen molar-refractivity contribution in [2.45, 2.75) is 20.0 Å². The highest BCUT2D eigenvalue weighted by atomic mass is 19.4. The molecule has 172 valence electrons. The van der Waals surface area contributed by atoms with Crippen LogP contribution in [0.2, 0.25) is 0 Å². The van der Waals surface area contributed by atoms with Crippen LogP contribution in [0, 0.1) is 6.92 Å². The van der Waals surface area contributed by atoms with Gasteiger partial charge in [-0.15, -0.1) is 0 Å². The molecule has 0 radical (unpaired) electrons. The second kappa shape index (κ2) is 9.15. The van der Waals surface area contributed by atoms with Crippen molar-refractivity contribution in [3.05, 3.63) is 86.8 Å². The fraction of sp³-hybridized carbons (Fsp3) is 0.182. The van der Waals surface area contributed by atoms with Crippen molar-refractivity contribution >= 4 is 17.6 Å². The normalized spacial score (nSPS) is 11.9. The summed E-state index contributed by atoms with van der Waals surface area (Å²) in [5, 5.41) is 6.67. The predicted octanol–water partition coefficient (Wildman–Crippen LogP) is 3.43. The summed E-state index contributed by atoms with van der Waals surface area (Å²) in [6.07, 6.45) is -4.55. The zero-order valence-electron chi connectivity index (χ0n) is 17.8. The van der Waals surface area contributed by atoms with Gasteiger partial charge in [0.25, 0.3) is 11.5 Å². The number of aromatic nitrogens is 2. The molecule has 1 heterocycles. The van der Waals surface area contributed by atoms with Crippen molar-refractivity contribution in [2.24, 2.45) is 5.10 Å². The van der Waals surface area contributed by atoms with Crippen LogP contribution < -0.4 is 11.0 Å². The molecular formula is C22H19F3N4O4. The molecule has 2 aromatic carbocycles. The van der Waals surface area contributed by atoms with Crippen molar-refractivity contribution in [3.63, 3.8) is 0 Å². The molecule has 0 saturated heterocycles. The number of aryl methyl sites for hydroxylation is 1. The summed E-state index contributed by atoms with van der Waals surface area (Å²) in [6.45, 7) is 3.04. The van der Waals surface area contributed by atoms with Gasteiger partial charge in [-0.1, -0.05) is 6.07 Å². The molecule has 0 saturated carbocycles. The highest BCUT2D eigenvalue weighted by Crippen LogP contribution is 2.30. The van der Waals surface area contributed by atoms with Crippen LogP contribution in [-0.4, -0.2) is 34.5 Å². The maximum Gasteiger partial charge on any atom is 0.416 e. The van der Waals surface area contributed by atoms with Gasteiger partial charge in [-0.2, -0.15) is 18.3 Å². The van der Waals surface area contributed by atoms with Crippen LogP contribution in [0.3, 0.4) is 0 Å². The Morgan fingerprint density at radius 1 is 1.09 bits per heavy atom. The predicted molar refractivity (Wildman–Crippen MR) is 114 cm³/mol. The number of hydrogen-bond donors (Lipinski definition) is 2. The first-order valence-electron chi connectivity index (χ1n) is 9.55. The van der Waals surface area contributed by atoms with Crippen LogP contribution in [-0.2, 0) is 10.9 Å². The van der Waals surface area contributed by atoms with Crippen LogP contribution in [0.1, 0.15) is 44.5 Å². The molecule has 3 aromatic rings. The van der Waals surface area contributed by atoms with E-state index in [9.17, 15) is 27.6 Å². The Balaban J connectivity index is 1.84. The molecule has 0 spiro atoms. The summed E-state index contributed by atoms with van der Waals surface area (Å²) in [7, 11) is 1.24. The van der Waals surface area contributed by atoms with Crippen molar-refractivity contribution < 1.29 is 27.5 Å². The van der Waals surface area contributed by atoms with Gasteiger partial charge in [0.2, 0.25) is 0 Å². The average Bonchev–Trinajstić information content (AvgIpc) is 3.10. The number of amides is 1. The summed E-state index contributed by atoms with van der Waals surface area (Å²) in [5.74, 6) is -1.13. The number of aromatic amines is 1. The lowest BCUT2D eigenvalue weighted by Crippen LogP contribution is -2.23.